The van der Waals surface area contributed by atoms with Crippen LogP contribution in [-0.4, -0.2) is 36.8 Å². The fraction of sp³-hybridized carbons (Fsp3) is 0.444. The summed E-state index contributed by atoms with van der Waals surface area (Å²) < 4.78 is 10.9. The van der Waals surface area contributed by atoms with E-state index in [9.17, 15) is 4.79 Å². The lowest BCUT2D eigenvalue weighted by molar-refractivity contribution is -0.149. The van der Waals surface area contributed by atoms with E-state index >= 15 is 0 Å². The van der Waals surface area contributed by atoms with Crippen LogP contribution in [0.1, 0.15) is 28.8 Å². The van der Waals surface area contributed by atoms with Crippen molar-refractivity contribution in [3.63, 3.8) is 0 Å². The lowest BCUT2D eigenvalue weighted by Crippen LogP contribution is -2.48. The van der Waals surface area contributed by atoms with Gasteiger partial charge in [0.2, 0.25) is 0 Å². The highest BCUT2D eigenvalue weighted by molar-refractivity contribution is 7.15. The fourth-order valence-corrected chi connectivity index (χ4v) is 3.71. The molecule has 0 spiro atoms. The SMILES string of the molecule is COC1(C(=O)Nc2ncc(Cc3ccccc3C)s2)CCOCC1. The van der Waals surface area contributed by atoms with Gasteiger partial charge in [-0.15, -0.1) is 11.3 Å². The number of nitrogens with zero attached hydrogens (tertiary/aromatic N) is 1. The number of aryl methyl sites for hydroxylation is 1. The Hall–Kier alpha value is -1.76. The monoisotopic (exact) mass is 346 g/mol. The minimum atomic E-state index is -0.805. The molecule has 2 aromatic rings. The van der Waals surface area contributed by atoms with Gasteiger partial charge in [-0.3, -0.25) is 10.1 Å². The number of aromatic nitrogens is 1. The van der Waals surface area contributed by atoms with Crippen LogP contribution in [0, 0.1) is 6.92 Å². The third-order valence-corrected chi connectivity index (χ3v) is 5.42. The summed E-state index contributed by atoms with van der Waals surface area (Å²) in [5, 5.41) is 3.53. The van der Waals surface area contributed by atoms with Crippen molar-refractivity contribution in [2.24, 2.45) is 0 Å². The van der Waals surface area contributed by atoms with Crippen molar-refractivity contribution in [1.82, 2.24) is 4.98 Å². The summed E-state index contributed by atoms with van der Waals surface area (Å²) in [6, 6.07) is 8.30. The smallest absolute Gasteiger partial charge is 0.258 e. The second-order valence-corrected chi connectivity index (χ2v) is 7.12. The minimum absolute atomic E-state index is 0.134. The highest BCUT2D eigenvalue weighted by Gasteiger charge is 2.40. The summed E-state index contributed by atoms with van der Waals surface area (Å²) in [7, 11) is 1.58. The Morgan fingerprint density at radius 1 is 1.38 bits per heavy atom. The standard InChI is InChI=1S/C18H22N2O3S/c1-13-5-3-4-6-14(13)11-15-12-19-17(24-15)20-16(21)18(22-2)7-9-23-10-8-18/h3-6,12H,7-11H2,1-2H3,(H,19,20,21). The van der Waals surface area contributed by atoms with Crippen LogP contribution in [0.15, 0.2) is 30.5 Å². The van der Waals surface area contributed by atoms with E-state index in [1.54, 1.807) is 7.11 Å². The molecule has 1 aromatic heterocycles. The average Bonchev–Trinajstić information content (AvgIpc) is 3.04. The Balaban J connectivity index is 1.67. The maximum absolute atomic E-state index is 12.6. The first-order valence-electron chi connectivity index (χ1n) is 8.06. The second-order valence-electron chi connectivity index (χ2n) is 6.00. The van der Waals surface area contributed by atoms with E-state index in [0.29, 0.717) is 31.2 Å². The molecule has 1 aliphatic rings. The molecule has 5 nitrogen and oxygen atoms in total. The Kier molecular flexibility index (Phi) is 5.28. The lowest BCUT2D eigenvalue weighted by atomic mass is 9.93. The van der Waals surface area contributed by atoms with Crippen LogP contribution < -0.4 is 5.32 Å². The van der Waals surface area contributed by atoms with Crippen LogP contribution in [0.4, 0.5) is 5.13 Å². The summed E-state index contributed by atoms with van der Waals surface area (Å²) >= 11 is 1.51. The van der Waals surface area contributed by atoms with Gasteiger partial charge in [-0.1, -0.05) is 24.3 Å². The molecule has 1 N–H and O–H groups in total. The number of amides is 1. The largest absolute Gasteiger partial charge is 0.381 e. The van der Waals surface area contributed by atoms with Gasteiger partial charge in [-0.2, -0.15) is 0 Å². The van der Waals surface area contributed by atoms with E-state index in [2.05, 4.69) is 29.4 Å². The van der Waals surface area contributed by atoms with Crippen LogP contribution in [0.3, 0.4) is 0 Å². The predicted molar refractivity (Wildman–Crippen MR) is 94.5 cm³/mol. The molecule has 0 bridgehead atoms. The first kappa shape index (κ1) is 17.1. The number of ether oxygens (including phenoxy) is 2. The Labute approximate surface area is 146 Å². The molecule has 24 heavy (non-hydrogen) atoms. The van der Waals surface area contributed by atoms with Gasteiger partial charge in [0.15, 0.2) is 10.7 Å². The number of carbonyl (C=O) groups is 1. The van der Waals surface area contributed by atoms with Crippen LogP contribution in [0.2, 0.25) is 0 Å². The van der Waals surface area contributed by atoms with Gasteiger partial charge in [-0.25, -0.2) is 4.98 Å². The van der Waals surface area contributed by atoms with Crippen molar-refractivity contribution in [2.75, 3.05) is 25.6 Å². The zero-order valence-electron chi connectivity index (χ0n) is 14.0. The third kappa shape index (κ3) is 3.66. The van der Waals surface area contributed by atoms with Crippen molar-refractivity contribution in [1.29, 1.82) is 0 Å². The summed E-state index contributed by atoms with van der Waals surface area (Å²) in [5.74, 6) is -0.134. The maximum Gasteiger partial charge on any atom is 0.258 e. The topological polar surface area (TPSA) is 60.5 Å². The molecular weight excluding hydrogens is 324 g/mol. The number of methoxy groups -OCH3 is 1. The Bertz CT molecular complexity index is 708. The van der Waals surface area contributed by atoms with Crippen LogP contribution in [-0.2, 0) is 20.7 Å². The van der Waals surface area contributed by atoms with Crippen molar-refractivity contribution in [3.8, 4) is 0 Å². The van der Waals surface area contributed by atoms with Gasteiger partial charge in [0, 0.05) is 50.7 Å². The van der Waals surface area contributed by atoms with Gasteiger partial charge >= 0.3 is 0 Å². The summed E-state index contributed by atoms with van der Waals surface area (Å²) in [5.41, 5.74) is 1.73. The van der Waals surface area contributed by atoms with E-state index in [4.69, 9.17) is 9.47 Å². The predicted octanol–water partition coefficient (Wildman–Crippen LogP) is 3.18. The highest BCUT2D eigenvalue weighted by atomic mass is 32.1. The van der Waals surface area contributed by atoms with Crippen LogP contribution >= 0.6 is 11.3 Å². The van der Waals surface area contributed by atoms with E-state index in [1.807, 2.05) is 18.3 Å². The van der Waals surface area contributed by atoms with Crippen LogP contribution in [0.5, 0.6) is 0 Å². The number of benzene rings is 1. The molecule has 1 aliphatic heterocycles. The molecule has 1 saturated heterocycles. The van der Waals surface area contributed by atoms with Crippen molar-refractivity contribution in [2.45, 2.75) is 31.8 Å². The molecule has 1 aromatic carbocycles. The van der Waals surface area contributed by atoms with Crippen molar-refractivity contribution in [3.05, 3.63) is 46.5 Å². The summed E-state index contributed by atoms with van der Waals surface area (Å²) in [4.78, 5) is 18.1. The molecule has 6 heteroatoms. The zero-order valence-corrected chi connectivity index (χ0v) is 14.8. The number of anilines is 1. The molecular formula is C18H22N2O3S. The van der Waals surface area contributed by atoms with Gasteiger partial charge in [0.25, 0.3) is 5.91 Å². The summed E-state index contributed by atoms with van der Waals surface area (Å²) in [6.45, 7) is 3.18. The Morgan fingerprint density at radius 3 is 2.83 bits per heavy atom. The second kappa shape index (κ2) is 7.42. The average molecular weight is 346 g/mol. The molecule has 1 amide bonds. The number of carbonyl (C=O) groups excluding carboxylic acids is 1. The number of nitrogens with one attached hydrogen (secondary N) is 1. The normalized spacial score (nSPS) is 16.8. The first-order valence-corrected chi connectivity index (χ1v) is 8.88. The molecule has 0 saturated carbocycles. The molecule has 1 fully saturated rings. The summed E-state index contributed by atoms with van der Waals surface area (Å²) in [6.07, 6.45) is 3.78. The number of hydrogen-bond acceptors (Lipinski definition) is 5. The number of thiazole rings is 1. The zero-order chi connectivity index (χ0) is 17.0. The van der Waals surface area contributed by atoms with Gasteiger partial charge in [0.1, 0.15) is 0 Å². The van der Waals surface area contributed by atoms with Gasteiger partial charge in [-0.05, 0) is 18.1 Å². The fourth-order valence-electron chi connectivity index (χ4n) is 2.88. The van der Waals surface area contributed by atoms with E-state index in [-0.39, 0.29) is 5.91 Å². The molecule has 0 radical (unpaired) electrons. The molecule has 2 heterocycles. The van der Waals surface area contributed by atoms with E-state index in [0.717, 1.165) is 11.3 Å². The molecule has 0 aliphatic carbocycles. The lowest BCUT2D eigenvalue weighted by Gasteiger charge is -2.33. The third-order valence-electron chi connectivity index (χ3n) is 4.50. The molecule has 3 rings (SSSR count). The molecule has 0 unspecified atom stereocenters. The van der Waals surface area contributed by atoms with Gasteiger partial charge in [0.05, 0.1) is 0 Å². The number of rotatable bonds is 5. The molecule has 0 atom stereocenters. The number of hydrogen-bond donors (Lipinski definition) is 1. The van der Waals surface area contributed by atoms with E-state index < -0.39 is 5.60 Å². The van der Waals surface area contributed by atoms with Crippen LogP contribution in [0.25, 0.3) is 0 Å². The maximum atomic E-state index is 12.6. The Morgan fingerprint density at radius 2 is 2.12 bits per heavy atom. The van der Waals surface area contributed by atoms with Gasteiger partial charge < -0.3 is 9.47 Å². The minimum Gasteiger partial charge on any atom is -0.381 e. The van der Waals surface area contributed by atoms with Crippen molar-refractivity contribution >= 4 is 22.4 Å². The quantitative estimate of drug-likeness (QED) is 0.903. The first-order chi connectivity index (χ1) is 11.6. The van der Waals surface area contributed by atoms with E-state index in [1.165, 1.54) is 22.5 Å². The molecule has 128 valence electrons. The highest BCUT2D eigenvalue weighted by Crippen LogP contribution is 2.28. The van der Waals surface area contributed by atoms with Crippen molar-refractivity contribution < 1.29 is 14.3 Å².